The molecule has 0 saturated carbocycles. The summed E-state index contributed by atoms with van der Waals surface area (Å²) in [5.41, 5.74) is 0. The largest absolute Gasteiger partial charge is 0.472 e. The van der Waals surface area contributed by atoms with Crippen molar-refractivity contribution in [3.05, 3.63) is 24.3 Å². The number of phosphoric acid groups is 1. The summed E-state index contributed by atoms with van der Waals surface area (Å²) in [6.07, 6.45) is 99.3. The highest BCUT2D eigenvalue weighted by atomic mass is 31.2. The minimum absolute atomic E-state index is 0.0367. The van der Waals surface area contributed by atoms with E-state index in [9.17, 15) is 19.0 Å². The third kappa shape index (κ3) is 81.3. The van der Waals surface area contributed by atoms with E-state index < -0.39 is 26.5 Å². The third-order valence-corrected chi connectivity index (χ3v) is 20.7. The first-order chi connectivity index (χ1) is 46.5. The second-order valence-corrected chi connectivity index (χ2v) is 32.0. The van der Waals surface area contributed by atoms with E-state index in [0.29, 0.717) is 17.4 Å². The number of hydrogen-bond acceptors (Lipinski definition) is 7. The van der Waals surface area contributed by atoms with E-state index in [-0.39, 0.29) is 25.6 Å². The van der Waals surface area contributed by atoms with Crippen molar-refractivity contribution in [1.29, 1.82) is 0 Å². The molecule has 0 radical (unpaired) electrons. The Morgan fingerprint density at radius 3 is 0.832 bits per heavy atom. The van der Waals surface area contributed by atoms with Gasteiger partial charge >= 0.3 is 19.8 Å². The molecule has 0 aliphatic heterocycles. The third-order valence-electron chi connectivity index (χ3n) is 19.7. The van der Waals surface area contributed by atoms with Gasteiger partial charge in [-0.3, -0.25) is 18.6 Å². The number of carbonyl (C=O) groups excluding carboxylic acids is 2. The van der Waals surface area contributed by atoms with Gasteiger partial charge in [0.15, 0.2) is 6.10 Å². The van der Waals surface area contributed by atoms with Crippen LogP contribution in [0.25, 0.3) is 0 Å². The average molecular weight is 1360 g/mol. The quantitative estimate of drug-likeness (QED) is 0.0211. The van der Waals surface area contributed by atoms with Crippen LogP contribution in [-0.2, 0) is 32.7 Å². The maximum atomic E-state index is 12.9. The van der Waals surface area contributed by atoms with Crippen LogP contribution >= 0.6 is 7.82 Å². The monoisotopic (exact) mass is 1360 g/mol. The van der Waals surface area contributed by atoms with E-state index in [0.717, 1.165) is 44.9 Å². The summed E-state index contributed by atoms with van der Waals surface area (Å²) in [4.78, 5) is 36.0. The molecule has 0 amide bonds. The molecule has 0 aromatic heterocycles. The minimum Gasteiger partial charge on any atom is -0.462 e. The van der Waals surface area contributed by atoms with Crippen LogP contribution < -0.4 is 0 Å². The van der Waals surface area contributed by atoms with Gasteiger partial charge in [0.2, 0.25) is 0 Å². The summed E-state index contributed by atoms with van der Waals surface area (Å²) >= 11 is 0. The van der Waals surface area contributed by atoms with Gasteiger partial charge in [-0.15, -0.1) is 0 Å². The lowest BCUT2D eigenvalue weighted by molar-refractivity contribution is -0.870. The lowest BCUT2D eigenvalue weighted by Crippen LogP contribution is -2.37. The van der Waals surface area contributed by atoms with Crippen LogP contribution in [0, 0.1) is 0 Å². The smallest absolute Gasteiger partial charge is 0.462 e. The zero-order valence-electron chi connectivity index (χ0n) is 64.7. The number of quaternary nitrogens is 1. The van der Waals surface area contributed by atoms with Gasteiger partial charge in [-0.05, 0) is 44.9 Å². The molecular weight excluding hydrogens is 1190 g/mol. The molecule has 10 heteroatoms. The summed E-state index contributed by atoms with van der Waals surface area (Å²) in [5, 5.41) is 0. The molecular formula is C85H167NO8P+. The SMILES string of the molecule is CCCCCCC/C=C\C/C=C\CCCCCCCCCCCCCCCCCCCCCCCCCCCCCC(=O)OC(COC(=O)CCCCCCCCCCCCCCCCCCCCCCCCCCCCCCCCCC)COP(=O)(O)OCC[N+](C)(C)C. The zero-order valence-corrected chi connectivity index (χ0v) is 65.6. The molecule has 0 heterocycles. The molecule has 0 bridgehead atoms. The molecule has 2 unspecified atom stereocenters. The standard InChI is InChI=1S/C85H166NO8P/c1-6-8-10-12-14-16-18-20-22-24-26-28-30-32-34-36-38-40-41-42-43-44-45-46-48-50-52-54-56-58-60-62-64-66-68-70-72-74-76-78-85(88)94-83(82-93-95(89,90)92-80-79-86(3,4)5)81-91-84(87)77-75-73-71-69-67-65-63-61-59-57-55-53-51-49-47-39-37-35-33-31-29-27-25-23-21-19-17-15-13-11-9-7-2/h18,20,24,26,83H,6-17,19,21-23,25,27-82H2,1-5H3/p+1/b20-18-,26-24-. The first kappa shape index (κ1) is 93.5. The normalized spacial score (nSPS) is 13.0. The number of esters is 2. The van der Waals surface area contributed by atoms with Gasteiger partial charge < -0.3 is 18.9 Å². The fraction of sp³-hybridized carbons (Fsp3) is 0.929. The fourth-order valence-electron chi connectivity index (χ4n) is 13.2. The van der Waals surface area contributed by atoms with Gasteiger partial charge in [-0.25, -0.2) is 4.57 Å². The van der Waals surface area contributed by atoms with Crippen LogP contribution in [-0.4, -0.2) is 74.9 Å². The number of nitrogens with zero attached hydrogens (tertiary/aromatic N) is 1. The maximum Gasteiger partial charge on any atom is 0.472 e. The van der Waals surface area contributed by atoms with Gasteiger partial charge in [-0.2, -0.15) is 0 Å². The van der Waals surface area contributed by atoms with Gasteiger partial charge in [0.1, 0.15) is 19.8 Å². The van der Waals surface area contributed by atoms with Gasteiger partial charge in [0.05, 0.1) is 27.7 Å². The predicted octanol–water partition coefficient (Wildman–Crippen LogP) is 28.4. The maximum absolute atomic E-state index is 12.9. The summed E-state index contributed by atoms with van der Waals surface area (Å²) in [7, 11) is 1.51. The second-order valence-electron chi connectivity index (χ2n) is 30.6. The molecule has 9 nitrogen and oxygen atoms in total. The minimum atomic E-state index is -4.39. The molecule has 0 aromatic rings. The van der Waals surface area contributed by atoms with Crippen molar-refractivity contribution in [3.63, 3.8) is 0 Å². The van der Waals surface area contributed by atoms with Crippen LogP contribution in [0.3, 0.4) is 0 Å². The molecule has 0 spiro atoms. The van der Waals surface area contributed by atoms with Crippen molar-refractivity contribution in [2.24, 2.45) is 0 Å². The number of rotatable bonds is 81. The number of unbranched alkanes of at least 4 members (excludes halogenated alkanes) is 63. The molecule has 95 heavy (non-hydrogen) atoms. The Bertz CT molecular complexity index is 1650. The van der Waals surface area contributed by atoms with Crippen molar-refractivity contribution in [2.45, 2.75) is 463 Å². The topological polar surface area (TPSA) is 108 Å². The molecule has 0 aliphatic carbocycles. The first-order valence-electron chi connectivity index (χ1n) is 42.6. The van der Waals surface area contributed by atoms with E-state index >= 15 is 0 Å². The van der Waals surface area contributed by atoms with Gasteiger partial charge in [0.25, 0.3) is 0 Å². The van der Waals surface area contributed by atoms with Crippen molar-refractivity contribution in [2.75, 3.05) is 47.5 Å². The predicted molar refractivity (Wildman–Crippen MR) is 414 cm³/mol. The Kier molecular flexibility index (Phi) is 75.4. The van der Waals surface area contributed by atoms with Crippen LogP contribution in [0.4, 0.5) is 0 Å². The highest BCUT2D eigenvalue weighted by Gasteiger charge is 2.27. The van der Waals surface area contributed by atoms with Crippen LogP contribution in [0.2, 0.25) is 0 Å². The number of likely N-dealkylation sites (N-methyl/N-ethyl adjacent to an activating group) is 1. The Hall–Kier alpha value is -1.51. The Balaban J connectivity index is 3.86. The lowest BCUT2D eigenvalue weighted by atomic mass is 10.0. The molecule has 564 valence electrons. The van der Waals surface area contributed by atoms with Crippen molar-refractivity contribution in [1.82, 2.24) is 0 Å². The number of ether oxygens (including phenoxy) is 2. The highest BCUT2D eigenvalue weighted by Crippen LogP contribution is 2.43. The zero-order chi connectivity index (χ0) is 69.0. The molecule has 0 saturated heterocycles. The average Bonchev–Trinajstić information content (AvgIpc) is 2.18. The highest BCUT2D eigenvalue weighted by molar-refractivity contribution is 7.47. The summed E-state index contributed by atoms with van der Waals surface area (Å²) in [6.45, 7) is 4.52. The molecule has 1 N–H and O–H groups in total. The summed E-state index contributed by atoms with van der Waals surface area (Å²) in [5.74, 6) is -0.766. The second kappa shape index (κ2) is 76.7. The van der Waals surface area contributed by atoms with Crippen molar-refractivity contribution in [3.8, 4) is 0 Å². The molecule has 0 rings (SSSR count). The molecule has 2 atom stereocenters. The molecule has 0 fully saturated rings. The van der Waals surface area contributed by atoms with E-state index in [1.54, 1.807) is 0 Å². The van der Waals surface area contributed by atoms with Crippen LogP contribution in [0.1, 0.15) is 457 Å². The Morgan fingerprint density at radius 1 is 0.326 bits per heavy atom. The fourth-order valence-corrected chi connectivity index (χ4v) is 14.0. The number of allylic oxidation sites excluding steroid dienone is 4. The molecule has 0 aliphatic rings. The lowest BCUT2D eigenvalue weighted by Gasteiger charge is -2.24. The van der Waals surface area contributed by atoms with Gasteiger partial charge in [0, 0.05) is 12.8 Å². The number of carbonyl (C=O) groups is 2. The van der Waals surface area contributed by atoms with Crippen LogP contribution in [0.5, 0.6) is 0 Å². The van der Waals surface area contributed by atoms with E-state index in [1.807, 2.05) is 21.1 Å². The van der Waals surface area contributed by atoms with Gasteiger partial charge in [-0.1, -0.05) is 423 Å². The number of hydrogen-bond donors (Lipinski definition) is 1. The Labute approximate surface area is 593 Å². The van der Waals surface area contributed by atoms with E-state index in [2.05, 4.69) is 38.2 Å². The molecule has 0 aromatic carbocycles. The summed E-state index contributed by atoms with van der Waals surface area (Å²) in [6, 6.07) is 0. The van der Waals surface area contributed by atoms with Crippen LogP contribution in [0.15, 0.2) is 24.3 Å². The Morgan fingerprint density at radius 2 is 0.568 bits per heavy atom. The van der Waals surface area contributed by atoms with E-state index in [1.165, 1.54) is 385 Å². The van der Waals surface area contributed by atoms with E-state index in [4.69, 9.17) is 18.5 Å². The number of phosphoric ester groups is 1. The van der Waals surface area contributed by atoms with Crippen molar-refractivity contribution < 1.29 is 42.1 Å². The van der Waals surface area contributed by atoms with Crippen molar-refractivity contribution >= 4 is 19.8 Å². The first-order valence-corrected chi connectivity index (χ1v) is 44.1. The summed E-state index contributed by atoms with van der Waals surface area (Å²) < 4.78 is 34.9.